The lowest BCUT2D eigenvalue weighted by molar-refractivity contribution is -0.128. The Morgan fingerprint density at radius 3 is 2.91 bits per heavy atom. The molecule has 2 atom stereocenters. The van der Waals surface area contributed by atoms with Crippen LogP contribution in [0.3, 0.4) is 0 Å². The van der Waals surface area contributed by atoms with E-state index in [0.717, 1.165) is 30.8 Å². The zero-order valence-corrected chi connectivity index (χ0v) is 14.7. The molecule has 0 radical (unpaired) electrons. The zero-order chi connectivity index (χ0) is 15.5. The summed E-state index contributed by atoms with van der Waals surface area (Å²) in [6, 6.07) is 6.62. The fourth-order valence-corrected chi connectivity index (χ4v) is 4.63. The van der Waals surface area contributed by atoms with Crippen molar-refractivity contribution < 1.29 is 4.79 Å². The fraction of sp³-hybridized carbons (Fsp3) is 0.562. The smallest absolute Gasteiger partial charge is 0.232 e. The second-order valence-corrected chi connectivity index (χ2v) is 7.82. The van der Waals surface area contributed by atoms with Crippen molar-refractivity contribution in [1.29, 1.82) is 0 Å². The van der Waals surface area contributed by atoms with Crippen LogP contribution in [-0.4, -0.2) is 41.7 Å². The molecule has 2 aliphatic heterocycles. The first-order valence-corrected chi connectivity index (χ1v) is 9.58. The van der Waals surface area contributed by atoms with Gasteiger partial charge in [0.15, 0.2) is 0 Å². The maximum absolute atomic E-state index is 12.4. The number of benzene rings is 1. The van der Waals surface area contributed by atoms with Gasteiger partial charge in [-0.25, -0.2) is 0 Å². The Kier molecular flexibility index (Phi) is 5.55. The van der Waals surface area contributed by atoms with Crippen LogP contribution in [0.15, 0.2) is 18.2 Å². The lowest BCUT2D eigenvalue weighted by Gasteiger charge is -2.24. The number of hydrogen-bond acceptors (Lipinski definition) is 3. The van der Waals surface area contributed by atoms with E-state index in [1.165, 1.54) is 12.8 Å². The standard InChI is InChI=1S/C16H20Cl2N2OS/c17-12-2-1-11(15(18)7-12)9-22-10-16(21)20-6-5-13-3-4-14(8-20)19-13/h1-2,7,13-14,19H,3-6,8-10H2. The predicted octanol–water partition coefficient (Wildman–Crippen LogP) is 3.58. The Morgan fingerprint density at radius 1 is 1.27 bits per heavy atom. The fourth-order valence-electron chi connectivity index (χ4n) is 3.15. The Labute approximate surface area is 145 Å². The average Bonchev–Trinajstić information content (AvgIpc) is 2.80. The van der Waals surface area contributed by atoms with Crippen LogP contribution < -0.4 is 5.32 Å². The van der Waals surface area contributed by atoms with Gasteiger partial charge in [0.25, 0.3) is 0 Å². The van der Waals surface area contributed by atoms with Gasteiger partial charge < -0.3 is 10.2 Å². The molecule has 22 heavy (non-hydrogen) atoms. The van der Waals surface area contributed by atoms with Gasteiger partial charge in [0.05, 0.1) is 5.75 Å². The third kappa shape index (κ3) is 4.10. The van der Waals surface area contributed by atoms with E-state index < -0.39 is 0 Å². The number of hydrogen-bond donors (Lipinski definition) is 1. The molecule has 0 saturated carbocycles. The molecule has 6 heteroatoms. The van der Waals surface area contributed by atoms with Crippen molar-refractivity contribution >= 4 is 40.9 Å². The summed E-state index contributed by atoms with van der Waals surface area (Å²) in [4.78, 5) is 14.4. The topological polar surface area (TPSA) is 32.3 Å². The van der Waals surface area contributed by atoms with Crippen molar-refractivity contribution in [2.75, 3.05) is 18.8 Å². The van der Waals surface area contributed by atoms with Crippen molar-refractivity contribution in [3.05, 3.63) is 33.8 Å². The molecule has 0 aliphatic carbocycles. The minimum Gasteiger partial charge on any atom is -0.340 e. The summed E-state index contributed by atoms with van der Waals surface area (Å²) < 4.78 is 0. The first-order chi connectivity index (χ1) is 10.6. The molecule has 2 fully saturated rings. The largest absolute Gasteiger partial charge is 0.340 e. The molecule has 1 N–H and O–H groups in total. The van der Waals surface area contributed by atoms with Crippen LogP contribution in [0.1, 0.15) is 24.8 Å². The molecule has 2 aliphatic rings. The van der Waals surface area contributed by atoms with Crippen LogP contribution in [-0.2, 0) is 10.5 Å². The van der Waals surface area contributed by atoms with Crippen LogP contribution in [0.25, 0.3) is 0 Å². The normalized spacial score (nSPS) is 24.4. The van der Waals surface area contributed by atoms with Crippen molar-refractivity contribution in [2.24, 2.45) is 0 Å². The van der Waals surface area contributed by atoms with Crippen molar-refractivity contribution in [3.8, 4) is 0 Å². The maximum atomic E-state index is 12.4. The first kappa shape index (κ1) is 16.4. The van der Waals surface area contributed by atoms with Crippen LogP contribution >= 0.6 is 35.0 Å². The quantitative estimate of drug-likeness (QED) is 0.892. The second-order valence-electron chi connectivity index (χ2n) is 5.99. The van der Waals surface area contributed by atoms with E-state index >= 15 is 0 Å². The van der Waals surface area contributed by atoms with Gasteiger partial charge in [-0.1, -0.05) is 29.3 Å². The number of amides is 1. The lowest BCUT2D eigenvalue weighted by atomic mass is 10.1. The third-order valence-electron chi connectivity index (χ3n) is 4.37. The minimum atomic E-state index is 0.240. The molecule has 1 aromatic carbocycles. The maximum Gasteiger partial charge on any atom is 0.232 e. The number of rotatable bonds is 4. The number of carbonyl (C=O) groups excluding carboxylic acids is 1. The predicted molar refractivity (Wildman–Crippen MR) is 93.8 cm³/mol. The second kappa shape index (κ2) is 7.43. The molecule has 1 aromatic rings. The Morgan fingerprint density at radius 2 is 2.09 bits per heavy atom. The summed E-state index contributed by atoms with van der Waals surface area (Å²) in [7, 11) is 0. The van der Waals surface area contributed by atoms with Gasteiger partial charge in [-0.2, -0.15) is 0 Å². The molecule has 2 saturated heterocycles. The number of nitrogens with zero attached hydrogens (tertiary/aromatic N) is 1. The van der Waals surface area contributed by atoms with Crippen LogP contribution in [0, 0.1) is 0 Å². The van der Waals surface area contributed by atoms with Gasteiger partial charge in [-0.15, -0.1) is 11.8 Å². The van der Waals surface area contributed by atoms with Crippen LogP contribution in [0.4, 0.5) is 0 Å². The molecule has 3 rings (SSSR count). The highest BCUT2D eigenvalue weighted by Gasteiger charge is 2.30. The molecule has 1 amide bonds. The highest BCUT2D eigenvalue weighted by atomic mass is 35.5. The summed E-state index contributed by atoms with van der Waals surface area (Å²) in [5.41, 5.74) is 1.03. The number of carbonyl (C=O) groups is 1. The molecule has 0 aromatic heterocycles. The summed E-state index contributed by atoms with van der Waals surface area (Å²) in [6.07, 6.45) is 3.54. The summed E-state index contributed by atoms with van der Waals surface area (Å²) in [5.74, 6) is 1.49. The average molecular weight is 359 g/mol. The summed E-state index contributed by atoms with van der Waals surface area (Å²) >= 11 is 13.7. The molecular formula is C16H20Cl2N2OS. The van der Waals surface area contributed by atoms with E-state index in [2.05, 4.69) is 5.32 Å². The minimum absolute atomic E-state index is 0.240. The van der Waals surface area contributed by atoms with Crippen LogP contribution in [0.2, 0.25) is 10.0 Å². The van der Waals surface area contributed by atoms with E-state index in [4.69, 9.17) is 23.2 Å². The summed E-state index contributed by atoms with van der Waals surface area (Å²) in [6.45, 7) is 1.74. The molecule has 0 spiro atoms. The number of likely N-dealkylation sites (tertiary alicyclic amines) is 1. The van der Waals surface area contributed by atoms with E-state index in [1.54, 1.807) is 17.8 Å². The van der Waals surface area contributed by atoms with Gasteiger partial charge in [0.2, 0.25) is 5.91 Å². The Hall–Kier alpha value is -0.420. The summed E-state index contributed by atoms with van der Waals surface area (Å²) in [5, 5.41) is 4.91. The van der Waals surface area contributed by atoms with E-state index in [9.17, 15) is 4.79 Å². The Bertz CT molecular complexity index is 555. The van der Waals surface area contributed by atoms with E-state index in [-0.39, 0.29) is 5.91 Å². The third-order valence-corrected chi connectivity index (χ3v) is 5.93. The SMILES string of the molecule is O=C(CSCc1ccc(Cl)cc1Cl)N1CCC2CCC(C1)N2. The number of thioether (sulfide) groups is 1. The first-order valence-electron chi connectivity index (χ1n) is 7.67. The number of fused-ring (bicyclic) bond motifs is 2. The highest BCUT2D eigenvalue weighted by Crippen LogP contribution is 2.25. The Balaban J connectivity index is 1.48. The van der Waals surface area contributed by atoms with Gasteiger partial charge in [0.1, 0.15) is 0 Å². The van der Waals surface area contributed by atoms with Crippen molar-refractivity contribution in [2.45, 2.75) is 37.1 Å². The van der Waals surface area contributed by atoms with E-state index in [1.807, 2.05) is 17.0 Å². The molecular weight excluding hydrogens is 339 g/mol. The van der Waals surface area contributed by atoms with Gasteiger partial charge >= 0.3 is 0 Å². The van der Waals surface area contributed by atoms with Gasteiger partial charge in [-0.3, -0.25) is 4.79 Å². The highest BCUT2D eigenvalue weighted by molar-refractivity contribution is 7.99. The molecule has 120 valence electrons. The zero-order valence-electron chi connectivity index (χ0n) is 12.4. The monoisotopic (exact) mass is 358 g/mol. The number of nitrogens with one attached hydrogen (secondary N) is 1. The molecule has 2 bridgehead atoms. The van der Waals surface area contributed by atoms with Crippen molar-refractivity contribution in [1.82, 2.24) is 10.2 Å². The lowest BCUT2D eigenvalue weighted by Crippen LogP contribution is -2.39. The van der Waals surface area contributed by atoms with Crippen molar-refractivity contribution in [3.63, 3.8) is 0 Å². The van der Waals surface area contributed by atoms with Gasteiger partial charge in [0, 0.05) is 41.0 Å². The van der Waals surface area contributed by atoms with E-state index in [0.29, 0.717) is 27.9 Å². The molecule has 3 nitrogen and oxygen atoms in total. The van der Waals surface area contributed by atoms with Gasteiger partial charge in [-0.05, 0) is 37.0 Å². The molecule has 2 unspecified atom stereocenters. The molecule has 2 heterocycles. The number of halogens is 2. The van der Waals surface area contributed by atoms with Crippen LogP contribution in [0.5, 0.6) is 0 Å².